The maximum Gasteiger partial charge on any atom is 0.509 e. The number of hydrogen-bond acceptors (Lipinski definition) is 4. The topological polar surface area (TPSA) is 52.6 Å². The summed E-state index contributed by atoms with van der Waals surface area (Å²) in [6.45, 7) is 2.99. The summed E-state index contributed by atoms with van der Waals surface area (Å²) in [5, 5.41) is 0. The number of carbonyl (C=O) groups is 2. The highest BCUT2D eigenvalue weighted by Gasteiger charge is 2.36. The third-order valence-corrected chi connectivity index (χ3v) is 1.33. The van der Waals surface area contributed by atoms with Gasteiger partial charge in [0.25, 0.3) is 0 Å². The predicted octanol–water partition coefficient (Wildman–Crippen LogP) is 0.499. The summed E-state index contributed by atoms with van der Waals surface area (Å²) in [6.07, 6.45) is -1.90. The molecular weight excluding hydrogens is 136 g/mol. The van der Waals surface area contributed by atoms with Crippen molar-refractivity contribution in [3.63, 3.8) is 0 Å². The molecule has 10 heavy (non-hydrogen) atoms. The molecule has 1 rings (SSSR count). The average Bonchev–Trinajstić information content (AvgIpc) is 2.10. The molecule has 1 aliphatic heterocycles. The van der Waals surface area contributed by atoms with Crippen molar-refractivity contribution in [2.45, 2.75) is 26.1 Å². The van der Waals surface area contributed by atoms with E-state index in [1.807, 2.05) is 0 Å². The first-order valence-electron chi connectivity index (χ1n) is 2.99. The van der Waals surface area contributed by atoms with Crippen LogP contribution in [0.3, 0.4) is 0 Å². The summed E-state index contributed by atoms with van der Waals surface area (Å²) in [5.74, 6) is -0.182. The van der Waals surface area contributed by atoms with Crippen LogP contribution in [0, 0.1) is 0 Å². The van der Waals surface area contributed by atoms with Gasteiger partial charge in [0.2, 0.25) is 0 Å². The second-order valence-electron chi connectivity index (χ2n) is 2.22. The maximum absolute atomic E-state index is 10.6. The van der Waals surface area contributed by atoms with Gasteiger partial charge in [-0.2, -0.15) is 0 Å². The summed E-state index contributed by atoms with van der Waals surface area (Å²) < 4.78 is 9.08. The van der Waals surface area contributed by atoms with E-state index in [4.69, 9.17) is 0 Å². The lowest BCUT2D eigenvalue weighted by Gasteiger charge is -2.04. The molecule has 0 bridgehead atoms. The smallest absolute Gasteiger partial charge is 0.427 e. The maximum atomic E-state index is 10.6. The molecule has 4 nitrogen and oxygen atoms in total. The summed E-state index contributed by atoms with van der Waals surface area (Å²) >= 11 is 0. The van der Waals surface area contributed by atoms with Gasteiger partial charge in [0.1, 0.15) is 6.10 Å². The van der Waals surface area contributed by atoms with Gasteiger partial charge in [-0.1, -0.05) is 0 Å². The minimum atomic E-state index is -0.757. The van der Waals surface area contributed by atoms with Crippen LogP contribution in [0.2, 0.25) is 0 Å². The Morgan fingerprint density at radius 2 is 2.10 bits per heavy atom. The molecule has 1 heterocycles. The van der Waals surface area contributed by atoms with Crippen LogP contribution in [0.25, 0.3) is 0 Å². The van der Waals surface area contributed by atoms with Gasteiger partial charge in [0, 0.05) is 0 Å². The predicted molar refractivity (Wildman–Crippen MR) is 31.5 cm³/mol. The fourth-order valence-corrected chi connectivity index (χ4v) is 0.854. The average molecular weight is 144 g/mol. The number of carbonyl (C=O) groups excluding carboxylic acids is 2. The third kappa shape index (κ3) is 1.10. The van der Waals surface area contributed by atoms with E-state index in [2.05, 4.69) is 9.47 Å². The second-order valence-corrected chi connectivity index (χ2v) is 2.22. The van der Waals surface area contributed by atoms with Crippen molar-refractivity contribution >= 4 is 11.9 Å². The number of ether oxygens (including phenoxy) is 2. The Labute approximate surface area is 58.1 Å². The van der Waals surface area contributed by atoms with Crippen LogP contribution >= 0.6 is 0 Å². The van der Waals surface area contributed by atoms with Gasteiger partial charge in [-0.05, 0) is 13.8 Å². The van der Waals surface area contributed by atoms with Crippen LogP contribution in [0.1, 0.15) is 13.8 Å². The lowest BCUT2D eigenvalue weighted by atomic mass is 10.2. The van der Waals surface area contributed by atoms with E-state index in [1.54, 1.807) is 6.92 Å². The number of ketones is 1. The number of hydrogen-bond donors (Lipinski definition) is 0. The Morgan fingerprint density at radius 3 is 2.30 bits per heavy atom. The molecule has 0 aromatic rings. The molecule has 1 unspecified atom stereocenters. The van der Waals surface area contributed by atoms with Crippen molar-refractivity contribution < 1.29 is 19.1 Å². The zero-order chi connectivity index (χ0) is 7.72. The summed E-state index contributed by atoms with van der Waals surface area (Å²) in [5.41, 5.74) is 0. The van der Waals surface area contributed by atoms with E-state index < -0.39 is 18.4 Å². The monoisotopic (exact) mass is 144 g/mol. The van der Waals surface area contributed by atoms with Crippen molar-refractivity contribution in [2.24, 2.45) is 0 Å². The molecule has 0 aliphatic carbocycles. The first-order valence-corrected chi connectivity index (χ1v) is 2.99. The van der Waals surface area contributed by atoms with Gasteiger partial charge in [0.05, 0.1) is 0 Å². The van der Waals surface area contributed by atoms with Gasteiger partial charge in [-0.3, -0.25) is 4.79 Å². The first-order chi connectivity index (χ1) is 4.61. The first kappa shape index (κ1) is 7.05. The highest BCUT2D eigenvalue weighted by atomic mass is 16.8. The summed E-state index contributed by atoms with van der Waals surface area (Å²) in [6, 6.07) is 0. The van der Waals surface area contributed by atoms with Crippen LogP contribution in [0.4, 0.5) is 4.79 Å². The summed E-state index contributed by atoms with van der Waals surface area (Å²) in [7, 11) is 0. The van der Waals surface area contributed by atoms with Crippen molar-refractivity contribution in [1.29, 1.82) is 0 Å². The van der Waals surface area contributed by atoms with Gasteiger partial charge in [0.15, 0.2) is 11.9 Å². The number of cyclic esters (lactones) is 2. The van der Waals surface area contributed by atoms with Crippen LogP contribution in [-0.4, -0.2) is 24.1 Å². The van der Waals surface area contributed by atoms with E-state index >= 15 is 0 Å². The molecule has 2 atom stereocenters. The van der Waals surface area contributed by atoms with E-state index in [0.717, 1.165) is 0 Å². The van der Waals surface area contributed by atoms with E-state index in [1.165, 1.54) is 6.92 Å². The Balaban J connectivity index is 2.63. The Kier molecular flexibility index (Phi) is 1.61. The van der Waals surface area contributed by atoms with Crippen molar-refractivity contribution in [2.75, 3.05) is 0 Å². The van der Waals surface area contributed by atoms with E-state index in [9.17, 15) is 9.59 Å². The van der Waals surface area contributed by atoms with E-state index in [0.29, 0.717) is 0 Å². The van der Waals surface area contributed by atoms with Crippen LogP contribution in [-0.2, 0) is 14.3 Å². The lowest BCUT2D eigenvalue weighted by molar-refractivity contribution is -0.124. The van der Waals surface area contributed by atoms with Crippen molar-refractivity contribution in [1.82, 2.24) is 0 Å². The molecule has 0 aromatic heterocycles. The highest BCUT2D eigenvalue weighted by Crippen LogP contribution is 2.14. The number of Topliss-reactive ketones (excluding diaryl/α,β-unsaturated/α-hetero) is 1. The molecule has 1 fully saturated rings. The van der Waals surface area contributed by atoms with Crippen molar-refractivity contribution in [3.05, 3.63) is 0 Å². The SMILES string of the molecule is CC(=O)C1OC(=O)O[C@H]1C. The highest BCUT2D eigenvalue weighted by molar-refractivity contribution is 5.84. The molecule has 0 amide bonds. The molecule has 4 heteroatoms. The van der Waals surface area contributed by atoms with Crippen LogP contribution in [0.15, 0.2) is 0 Å². The van der Waals surface area contributed by atoms with E-state index in [-0.39, 0.29) is 5.78 Å². The van der Waals surface area contributed by atoms with Gasteiger partial charge in [-0.15, -0.1) is 0 Å². The molecule has 0 aromatic carbocycles. The minimum Gasteiger partial charge on any atom is -0.427 e. The Morgan fingerprint density at radius 1 is 1.50 bits per heavy atom. The Hall–Kier alpha value is -1.06. The fraction of sp³-hybridized carbons (Fsp3) is 0.667. The van der Waals surface area contributed by atoms with Gasteiger partial charge >= 0.3 is 6.16 Å². The molecule has 1 saturated heterocycles. The molecule has 1 aliphatic rings. The quantitative estimate of drug-likeness (QED) is 0.503. The molecule has 0 saturated carbocycles. The zero-order valence-corrected chi connectivity index (χ0v) is 5.79. The lowest BCUT2D eigenvalue weighted by Crippen LogP contribution is -2.26. The summed E-state index contributed by atoms with van der Waals surface area (Å²) in [4.78, 5) is 21.0. The Bertz CT molecular complexity index is 175. The standard InChI is InChI=1S/C6H8O4/c1-3(7)5-4(2)9-6(8)10-5/h4-5H,1-2H3/t4-,5?/m0/s1. The van der Waals surface area contributed by atoms with Crippen LogP contribution < -0.4 is 0 Å². The molecule has 0 radical (unpaired) electrons. The molecule has 0 N–H and O–H groups in total. The molecule has 56 valence electrons. The second kappa shape index (κ2) is 2.28. The largest absolute Gasteiger partial charge is 0.509 e. The van der Waals surface area contributed by atoms with Crippen molar-refractivity contribution in [3.8, 4) is 0 Å². The fourth-order valence-electron chi connectivity index (χ4n) is 0.854. The third-order valence-electron chi connectivity index (χ3n) is 1.33. The van der Waals surface area contributed by atoms with Crippen LogP contribution in [0.5, 0.6) is 0 Å². The zero-order valence-electron chi connectivity index (χ0n) is 5.79. The molecular formula is C6H8O4. The molecule has 0 spiro atoms. The van der Waals surface area contributed by atoms with Gasteiger partial charge in [-0.25, -0.2) is 4.79 Å². The normalized spacial score (nSPS) is 31.2. The minimum absolute atomic E-state index is 0.182. The number of rotatable bonds is 1. The van der Waals surface area contributed by atoms with Gasteiger partial charge < -0.3 is 9.47 Å².